The van der Waals surface area contributed by atoms with E-state index in [0.29, 0.717) is 27.7 Å². The maximum absolute atomic E-state index is 12.9. The van der Waals surface area contributed by atoms with E-state index in [0.717, 1.165) is 0 Å². The SMILES string of the molecule is CC[C@H](C)[C@H](NC(=O)OCc1ccc(Cl)c(Cl)c1)C(=O)N[C@@H](Cc1cscn1)C(=O)NO. The second kappa shape index (κ2) is 12.6. The predicted molar refractivity (Wildman–Crippen MR) is 121 cm³/mol. The lowest BCUT2D eigenvalue weighted by atomic mass is 9.98. The van der Waals surface area contributed by atoms with Crippen molar-refractivity contribution in [3.05, 3.63) is 50.4 Å². The number of carbonyl (C=O) groups is 3. The monoisotopic (exact) mass is 502 g/mol. The van der Waals surface area contributed by atoms with E-state index in [4.69, 9.17) is 33.1 Å². The molecule has 0 radical (unpaired) electrons. The first-order valence-electron chi connectivity index (χ1n) is 9.73. The Morgan fingerprint density at radius 2 is 1.94 bits per heavy atom. The van der Waals surface area contributed by atoms with Crippen LogP contribution in [-0.4, -0.2) is 40.2 Å². The smallest absolute Gasteiger partial charge is 0.408 e. The minimum atomic E-state index is -1.07. The predicted octanol–water partition coefficient (Wildman–Crippen LogP) is 3.32. The Morgan fingerprint density at radius 1 is 1.19 bits per heavy atom. The molecule has 0 aliphatic heterocycles. The number of nitrogens with one attached hydrogen (secondary N) is 3. The molecule has 3 atom stereocenters. The molecule has 1 aromatic carbocycles. The largest absolute Gasteiger partial charge is 0.445 e. The maximum Gasteiger partial charge on any atom is 0.408 e. The van der Waals surface area contributed by atoms with Gasteiger partial charge in [0.25, 0.3) is 5.91 Å². The van der Waals surface area contributed by atoms with Crippen LogP contribution in [0.2, 0.25) is 10.0 Å². The summed E-state index contributed by atoms with van der Waals surface area (Å²) >= 11 is 13.2. The van der Waals surface area contributed by atoms with E-state index in [1.165, 1.54) is 11.3 Å². The van der Waals surface area contributed by atoms with Crippen molar-refractivity contribution in [2.45, 2.75) is 45.4 Å². The van der Waals surface area contributed by atoms with Crippen LogP contribution in [0.5, 0.6) is 0 Å². The molecule has 0 bridgehead atoms. The van der Waals surface area contributed by atoms with E-state index in [1.54, 1.807) is 41.5 Å². The molecule has 2 aromatic rings. The fourth-order valence-electron chi connectivity index (χ4n) is 2.75. The zero-order chi connectivity index (χ0) is 23.7. The number of hydroxylamine groups is 1. The van der Waals surface area contributed by atoms with Gasteiger partial charge in [-0.1, -0.05) is 49.5 Å². The Balaban J connectivity index is 2.03. The number of carbonyl (C=O) groups excluding carboxylic acids is 3. The third-order valence-corrected chi connectivity index (χ3v) is 6.14. The number of amides is 3. The van der Waals surface area contributed by atoms with Crippen molar-refractivity contribution in [2.24, 2.45) is 5.92 Å². The second-order valence-corrected chi connectivity index (χ2v) is 8.59. The molecule has 0 aliphatic carbocycles. The number of aromatic nitrogens is 1. The van der Waals surface area contributed by atoms with E-state index in [1.807, 2.05) is 6.92 Å². The first-order chi connectivity index (χ1) is 15.2. The number of thiazole rings is 1. The van der Waals surface area contributed by atoms with Gasteiger partial charge in [-0.05, 0) is 23.6 Å². The third-order valence-electron chi connectivity index (χ3n) is 4.76. The molecule has 174 valence electrons. The van der Waals surface area contributed by atoms with E-state index in [9.17, 15) is 14.4 Å². The Hall–Kier alpha value is -2.40. The molecule has 0 aliphatic rings. The molecule has 0 unspecified atom stereocenters. The van der Waals surface area contributed by atoms with Crippen LogP contribution in [-0.2, 0) is 27.4 Å². The van der Waals surface area contributed by atoms with Crippen molar-refractivity contribution in [3.8, 4) is 0 Å². The quantitative estimate of drug-likeness (QED) is 0.291. The molecule has 32 heavy (non-hydrogen) atoms. The van der Waals surface area contributed by atoms with Gasteiger partial charge in [0.1, 0.15) is 18.7 Å². The number of halogens is 2. The fraction of sp³-hybridized carbons (Fsp3) is 0.400. The molecule has 1 heterocycles. The van der Waals surface area contributed by atoms with Crippen molar-refractivity contribution in [1.82, 2.24) is 21.1 Å². The fourth-order valence-corrected chi connectivity index (χ4v) is 3.64. The van der Waals surface area contributed by atoms with Gasteiger partial charge in [0.2, 0.25) is 5.91 Å². The number of nitrogens with zero attached hydrogens (tertiary/aromatic N) is 1. The van der Waals surface area contributed by atoms with Crippen LogP contribution in [0.4, 0.5) is 4.79 Å². The standard InChI is InChI=1S/C20H24Cl2N4O5S/c1-3-11(2)17(25-20(29)31-8-12-4-5-14(21)15(22)6-12)19(28)24-16(18(27)26-30)7-13-9-32-10-23-13/h4-6,9-11,16-17,30H,3,7-8H2,1-2H3,(H,24,28)(H,25,29)(H,26,27)/t11-,16-,17-/m0/s1. The van der Waals surface area contributed by atoms with Gasteiger partial charge in [0.05, 0.1) is 21.2 Å². The highest BCUT2D eigenvalue weighted by Gasteiger charge is 2.30. The highest BCUT2D eigenvalue weighted by atomic mass is 35.5. The molecule has 3 amide bonds. The van der Waals surface area contributed by atoms with E-state index < -0.39 is 30.0 Å². The van der Waals surface area contributed by atoms with Gasteiger partial charge in [-0.15, -0.1) is 11.3 Å². The van der Waals surface area contributed by atoms with Crippen molar-refractivity contribution < 1.29 is 24.3 Å². The minimum Gasteiger partial charge on any atom is -0.445 e. The lowest BCUT2D eigenvalue weighted by Gasteiger charge is -2.25. The van der Waals surface area contributed by atoms with Crippen molar-refractivity contribution >= 4 is 52.4 Å². The molecule has 2 rings (SSSR count). The van der Waals surface area contributed by atoms with Gasteiger partial charge in [0, 0.05) is 11.8 Å². The summed E-state index contributed by atoms with van der Waals surface area (Å²) < 4.78 is 5.20. The maximum atomic E-state index is 12.9. The number of hydrogen-bond acceptors (Lipinski definition) is 7. The molecule has 0 saturated heterocycles. The molecule has 9 nitrogen and oxygen atoms in total. The molecular weight excluding hydrogens is 479 g/mol. The molecule has 4 N–H and O–H groups in total. The Kier molecular flexibility index (Phi) is 10.2. The molecule has 0 spiro atoms. The van der Waals surface area contributed by atoms with Crippen LogP contribution in [0.15, 0.2) is 29.1 Å². The molecular formula is C20H24Cl2N4O5S. The summed E-state index contributed by atoms with van der Waals surface area (Å²) in [7, 11) is 0. The first kappa shape index (κ1) is 25.9. The molecule has 12 heteroatoms. The van der Waals surface area contributed by atoms with E-state index >= 15 is 0 Å². The van der Waals surface area contributed by atoms with Crippen molar-refractivity contribution in [1.29, 1.82) is 0 Å². The second-order valence-electron chi connectivity index (χ2n) is 7.05. The number of hydrogen-bond donors (Lipinski definition) is 4. The van der Waals surface area contributed by atoms with Crippen molar-refractivity contribution in [3.63, 3.8) is 0 Å². The molecule has 0 saturated carbocycles. The summed E-state index contributed by atoms with van der Waals surface area (Å²) in [6.45, 7) is 3.57. The highest BCUT2D eigenvalue weighted by molar-refractivity contribution is 7.07. The van der Waals surface area contributed by atoms with Gasteiger partial charge in [-0.2, -0.15) is 0 Å². The lowest BCUT2D eigenvalue weighted by molar-refractivity contribution is -0.135. The molecule has 0 fully saturated rings. The first-order valence-corrected chi connectivity index (χ1v) is 11.4. The Bertz CT molecular complexity index is 929. The van der Waals surface area contributed by atoms with Gasteiger partial charge in [-0.3, -0.25) is 14.8 Å². The zero-order valence-corrected chi connectivity index (χ0v) is 19.8. The summed E-state index contributed by atoms with van der Waals surface area (Å²) in [5, 5.41) is 16.6. The van der Waals surface area contributed by atoms with Gasteiger partial charge < -0.3 is 15.4 Å². The summed E-state index contributed by atoms with van der Waals surface area (Å²) in [5.74, 6) is -1.64. The van der Waals surface area contributed by atoms with Crippen LogP contribution in [0.3, 0.4) is 0 Å². The van der Waals surface area contributed by atoms with E-state index in [-0.39, 0.29) is 18.9 Å². The zero-order valence-electron chi connectivity index (χ0n) is 17.4. The average Bonchev–Trinajstić information content (AvgIpc) is 3.29. The number of ether oxygens (including phenoxy) is 1. The van der Waals surface area contributed by atoms with Crippen LogP contribution in [0, 0.1) is 5.92 Å². The van der Waals surface area contributed by atoms with Crippen molar-refractivity contribution in [2.75, 3.05) is 0 Å². The number of benzene rings is 1. The summed E-state index contributed by atoms with van der Waals surface area (Å²) in [6.07, 6.45) is -0.149. The van der Waals surface area contributed by atoms with E-state index in [2.05, 4.69) is 15.6 Å². The Morgan fingerprint density at radius 3 is 2.53 bits per heavy atom. The lowest BCUT2D eigenvalue weighted by Crippen LogP contribution is -2.56. The number of alkyl carbamates (subject to hydrolysis) is 1. The average molecular weight is 503 g/mol. The normalized spacial score (nSPS) is 13.5. The van der Waals surface area contributed by atoms with Gasteiger partial charge in [0.15, 0.2) is 0 Å². The van der Waals surface area contributed by atoms with Crippen LogP contribution in [0.25, 0.3) is 0 Å². The third kappa shape index (κ3) is 7.63. The summed E-state index contributed by atoms with van der Waals surface area (Å²) in [6, 6.07) is 2.79. The number of rotatable bonds is 10. The minimum absolute atomic E-state index is 0.0725. The van der Waals surface area contributed by atoms with Gasteiger partial charge >= 0.3 is 6.09 Å². The van der Waals surface area contributed by atoms with Crippen LogP contribution in [0.1, 0.15) is 31.5 Å². The topological polar surface area (TPSA) is 130 Å². The highest BCUT2D eigenvalue weighted by Crippen LogP contribution is 2.23. The summed E-state index contributed by atoms with van der Waals surface area (Å²) in [5.41, 5.74) is 4.35. The van der Waals surface area contributed by atoms with Crippen LogP contribution < -0.4 is 16.1 Å². The Labute approximate surface area is 199 Å². The summed E-state index contributed by atoms with van der Waals surface area (Å²) in [4.78, 5) is 41.4. The van der Waals surface area contributed by atoms with Gasteiger partial charge in [-0.25, -0.2) is 15.3 Å². The molecule has 1 aromatic heterocycles. The van der Waals surface area contributed by atoms with Crippen LogP contribution >= 0.6 is 34.5 Å².